The van der Waals surface area contributed by atoms with E-state index in [1.54, 1.807) is 6.07 Å². The van der Waals surface area contributed by atoms with Crippen molar-refractivity contribution < 1.29 is 0 Å². The molecule has 0 spiro atoms. The number of aromatic nitrogens is 1. The number of unbranched alkanes of at least 4 members (excludes halogenated alkanes) is 1. The lowest BCUT2D eigenvalue weighted by Crippen LogP contribution is -2.31. The van der Waals surface area contributed by atoms with Crippen LogP contribution in [-0.2, 0) is 13.0 Å². The predicted octanol–water partition coefficient (Wildman–Crippen LogP) is 2.14. The van der Waals surface area contributed by atoms with Crippen molar-refractivity contribution in [3.63, 3.8) is 0 Å². The Morgan fingerprint density at radius 1 is 1.53 bits per heavy atom. The summed E-state index contributed by atoms with van der Waals surface area (Å²) in [6.45, 7) is 3.71. The second kappa shape index (κ2) is 6.53. The van der Waals surface area contributed by atoms with Crippen LogP contribution in [0.4, 0.5) is 0 Å². The van der Waals surface area contributed by atoms with Gasteiger partial charge >= 0.3 is 0 Å². The smallest absolute Gasteiger partial charge is 0.250 e. The topological polar surface area (TPSA) is 57.8 Å². The van der Waals surface area contributed by atoms with Crippen LogP contribution < -0.4 is 10.9 Å². The summed E-state index contributed by atoms with van der Waals surface area (Å²) in [5.41, 5.74) is 2.50. The van der Waals surface area contributed by atoms with Gasteiger partial charge < -0.3 is 9.88 Å². The van der Waals surface area contributed by atoms with E-state index < -0.39 is 0 Å². The van der Waals surface area contributed by atoms with Crippen molar-refractivity contribution in [3.8, 4) is 6.07 Å². The Bertz CT molecular complexity index is 527. The van der Waals surface area contributed by atoms with E-state index in [9.17, 15) is 4.79 Å². The predicted molar refractivity (Wildman–Crippen MR) is 74.9 cm³/mol. The summed E-state index contributed by atoms with van der Waals surface area (Å²) in [5, 5.41) is 12.1. The highest BCUT2D eigenvalue weighted by Crippen LogP contribution is 2.28. The van der Waals surface area contributed by atoms with Gasteiger partial charge in [0.25, 0.3) is 5.56 Å². The van der Waals surface area contributed by atoms with Crippen molar-refractivity contribution >= 4 is 0 Å². The first-order valence-corrected chi connectivity index (χ1v) is 7.11. The molecule has 1 aromatic rings. The number of nitrogens with zero attached hydrogens (tertiary/aromatic N) is 2. The van der Waals surface area contributed by atoms with Crippen LogP contribution in [0.2, 0.25) is 0 Å². The third-order valence-corrected chi connectivity index (χ3v) is 3.73. The molecule has 0 radical (unpaired) electrons. The lowest BCUT2D eigenvalue weighted by atomic mass is 9.90. The van der Waals surface area contributed by atoms with E-state index >= 15 is 0 Å². The highest BCUT2D eigenvalue weighted by Gasteiger charge is 2.22. The lowest BCUT2D eigenvalue weighted by Gasteiger charge is -2.28. The van der Waals surface area contributed by atoms with E-state index in [0.717, 1.165) is 32.2 Å². The number of hydrogen-bond acceptors (Lipinski definition) is 3. The van der Waals surface area contributed by atoms with Crippen LogP contribution >= 0.6 is 0 Å². The van der Waals surface area contributed by atoms with Gasteiger partial charge in [0.2, 0.25) is 0 Å². The Morgan fingerprint density at radius 3 is 3.11 bits per heavy atom. The van der Waals surface area contributed by atoms with Crippen LogP contribution in [0.5, 0.6) is 0 Å². The van der Waals surface area contributed by atoms with E-state index in [1.165, 1.54) is 11.3 Å². The molecular formula is C15H21N3O. The minimum atomic E-state index is 0.0637. The number of nitrogens with one attached hydrogen (secondary N) is 1. The van der Waals surface area contributed by atoms with Gasteiger partial charge in [-0.3, -0.25) is 4.79 Å². The van der Waals surface area contributed by atoms with Crippen LogP contribution in [0.15, 0.2) is 16.9 Å². The van der Waals surface area contributed by atoms with Crippen LogP contribution in [0.3, 0.4) is 0 Å². The molecule has 1 aliphatic rings. The summed E-state index contributed by atoms with van der Waals surface area (Å²) in [6.07, 6.45) is 4.48. The van der Waals surface area contributed by atoms with Crippen LogP contribution in [-0.4, -0.2) is 11.1 Å². The first kappa shape index (κ1) is 13.8. The Morgan fingerprint density at radius 2 is 2.37 bits per heavy atom. The summed E-state index contributed by atoms with van der Waals surface area (Å²) < 4.78 is 1.87. The largest absolute Gasteiger partial charge is 0.312 e. The fraction of sp³-hybridized carbons (Fsp3) is 0.600. The zero-order valence-corrected chi connectivity index (χ0v) is 11.5. The molecule has 102 valence electrons. The minimum absolute atomic E-state index is 0.0637. The molecule has 0 fully saturated rings. The number of pyridine rings is 1. The summed E-state index contributed by atoms with van der Waals surface area (Å²) >= 11 is 0. The van der Waals surface area contributed by atoms with Gasteiger partial charge in [-0.05, 0) is 37.8 Å². The van der Waals surface area contributed by atoms with Crippen LogP contribution in [0.25, 0.3) is 0 Å². The third-order valence-electron chi connectivity index (χ3n) is 3.73. The van der Waals surface area contributed by atoms with E-state index in [1.807, 2.05) is 10.6 Å². The Labute approximate surface area is 114 Å². The van der Waals surface area contributed by atoms with Gasteiger partial charge in [0, 0.05) is 30.8 Å². The molecule has 0 aliphatic heterocycles. The maximum absolute atomic E-state index is 12.0. The van der Waals surface area contributed by atoms with E-state index in [0.29, 0.717) is 19.0 Å². The van der Waals surface area contributed by atoms with Gasteiger partial charge in [-0.15, -0.1) is 0 Å². The average molecular weight is 259 g/mol. The summed E-state index contributed by atoms with van der Waals surface area (Å²) in [6, 6.07) is 6.16. The number of nitriles is 1. The second-order valence-corrected chi connectivity index (χ2v) is 4.99. The van der Waals surface area contributed by atoms with Gasteiger partial charge in [0.15, 0.2) is 0 Å². The van der Waals surface area contributed by atoms with Crippen molar-refractivity contribution in [2.45, 2.75) is 51.6 Å². The van der Waals surface area contributed by atoms with Crippen molar-refractivity contribution in [3.05, 3.63) is 33.7 Å². The lowest BCUT2D eigenvalue weighted by molar-refractivity contribution is 0.447. The first-order valence-electron chi connectivity index (χ1n) is 7.11. The van der Waals surface area contributed by atoms with Crippen LogP contribution in [0.1, 0.15) is 49.9 Å². The monoisotopic (exact) mass is 259 g/mol. The molecular weight excluding hydrogens is 238 g/mol. The zero-order chi connectivity index (χ0) is 13.7. The minimum Gasteiger partial charge on any atom is -0.312 e. The number of fused-ring (bicyclic) bond motifs is 1. The molecule has 0 aromatic carbocycles. The van der Waals surface area contributed by atoms with Crippen molar-refractivity contribution in [1.82, 2.24) is 9.88 Å². The Kier molecular flexibility index (Phi) is 4.75. The molecule has 0 bridgehead atoms. The molecule has 4 heteroatoms. The summed E-state index contributed by atoms with van der Waals surface area (Å²) in [5.74, 6) is 0. The van der Waals surface area contributed by atoms with Gasteiger partial charge in [-0.25, -0.2) is 0 Å². The maximum atomic E-state index is 12.0. The second-order valence-electron chi connectivity index (χ2n) is 4.99. The molecule has 1 unspecified atom stereocenters. The molecule has 1 atom stereocenters. The quantitative estimate of drug-likeness (QED) is 0.824. The summed E-state index contributed by atoms with van der Waals surface area (Å²) in [7, 11) is 0. The molecule has 19 heavy (non-hydrogen) atoms. The molecule has 1 N–H and O–H groups in total. The average Bonchev–Trinajstić information content (AvgIpc) is 2.42. The van der Waals surface area contributed by atoms with Crippen molar-refractivity contribution in [2.75, 3.05) is 6.54 Å². The zero-order valence-electron chi connectivity index (χ0n) is 11.5. The highest BCUT2D eigenvalue weighted by atomic mass is 16.1. The molecule has 0 amide bonds. The number of rotatable bonds is 5. The number of hydrogen-bond donors (Lipinski definition) is 1. The fourth-order valence-corrected chi connectivity index (χ4v) is 2.88. The highest BCUT2D eigenvalue weighted by molar-refractivity contribution is 5.27. The van der Waals surface area contributed by atoms with Crippen LogP contribution in [0, 0.1) is 11.3 Å². The molecule has 1 aliphatic carbocycles. The van der Waals surface area contributed by atoms with Crippen molar-refractivity contribution in [1.29, 1.82) is 5.26 Å². The van der Waals surface area contributed by atoms with E-state index in [-0.39, 0.29) is 5.56 Å². The Balaban J connectivity index is 2.31. The van der Waals surface area contributed by atoms with E-state index in [2.05, 4.69) is 18.3 Å². The van der Waals surface area contributed by atoms with Gasteiger partial charge in [0.05, 0.1) is 6.07 Å². The first-order chi connectivity index (χ1) is 9.27. The molecule has 4 nitrogen and oxygen atoms in total. The van der Waals surface area contributed by atoms with Gasteiger partial charge in [0.1, 0.15) is 0 Å². The van der Waals surface area contributed by atoms with E-state index in [4.69, 9.17) is 5.26 Å². The van der Waals surface area contributed by atoms with Gasteiger partial charge in [-0.1, -0.05) is 13.0 Å². The Hall–Kier alpha value is -1.60. The molecule has 2 rings (SSSR count). The maximum Gasteiger partial charge on any atom is 0.250 e. The molecule has 0 saturated heterocycles. The fourth-order valence-electron chi connectivity index (χ4n) is 2.88. The SMILES string of the molecule is CCNC1CCCc2c1ccc(=O)n2CCCC#N. The van der Waals surface area contributed by atoms with Crippen molar-refractivity contribution in [2.24, 2.45) is 0 Å². The third kappa shape index (κ3) is 3.05. The molecule has 1 aromatic heterocycles. The normalized spacial score (nSPS) is 17.8. The molecule has 1 heterocycles. The van der Waals surface area contributed by atoms with Gasteiger partial charge in [-0.2, -0.15) is 5.26 Å². The summed E-state index contributed by atoms with van der Waals surface area (Å²) in [4.78, 5) is 12.0. The molecule has 0 saturated carbocycles. The standard InChI is InChI=1S/C15H21N3O/c1-2-17-13-6-5-7-14-12(13)8-9-15(19)18(14)11-4-3-10-16/h8-9,13,17H,2-7,11H2,1H3.